The van der Waals surface area contributed by atoms with E-state index in [1.165, 1.54) is 12.0 Å². The molecule has 0 saturated heterocycles. The molecule has 2 amide bonds. The van der Waals surface area contributed by atoms with Crippen LogP contribution in [0.15, 0.2) is 18.2 Å². The first kappa shape index (κ1) is 14.8. The van der Waals surface area contributed by atoms with Gasteiger partial charge in [-0.25, -0.2) is 0 Å². The van der Waals surface area contributed by atoms with E-state index in [1.807, 2.05) is 0 Å². The van der Waals surface area contributed by atoms with Gasteiger partial charge in [-0.1, -0.05) is 0 Å². The molecular weight excluding hydrogens is 246 g/mol. The second kappa shape index (κ2) is 6.08. The largest absolute Gasteiger partial charge is 0.497 e. The normalized spacial score (nSPS) is 11.6. The molecule has 1 unspecified atom stereocenters. The maximum atomic E-state index is 12.0. The van der Waals surface area contributed by atoms with Gasteiger partial charge in [0.05, 0.1) is 12.7 Å². The van der Waals surface area contributed by atoms with E-state index in [1.54, 1.807) is 39.2 Å². The summed E-state index contributed by atoms with van der Waals surface area (Å²) in [4.78, 5) is 25.1. The highest BCUT2D eigenvalue weighted by Gasteiger charge is 2.19. The fourth-order valence-corrected chi connectivity index (χ4v) is 1.60. The zero-order valence-corrected chi connectivity index (χ0v) is 11.6. The standard InChI is InChI=1S/C13H19N3O3/c1-8(13(18)16(2)3)15-12(17)10-6-5-9(19-4)7-11(10)14/h5-8H,14H2,1-4H3,(H,15,17). The van der Waals surface area contributed by atoms with Gasteiger partial charge in [-0.15, -0.1) is 0 Å². The molecule has 1 rings (SSSR count). The number of methoxy groups -OCH3 is 1. The summed E-state index contributed by atoms with van der Waals surface area (Å²) in [5.41, 5.74) is 6.40. The van der Waals surface area contributed by atoms with E-state index in [2.05, 4.69) is 5.32 Å². The van der Waals surface area contributed by atoms with Crippen LogP contribution in [0.4, 0.5) is 5.69 Å². The van der Waals surface area contributed by atoms with E-state index in [4.69, 9.17) is 10.5 Å². The Labute approximate surface area is 112 Å². The molecular formula is C13H19N3O3. The number of nitrogens with two attached hydrogens (primary N) is 1. The molecule has 6 heteroatoms. The predicted octanol–water partition coefficient (Wildman–Crippen LogP) is 0.484. The van der Waals surface area contributed by atoms with Crippen LogP contribution in [-0.2, 0) is 4.79 Å². The van der Waals surface area contributed by atoms with Gasteiger partial charge in [0.15, 0.2) is 0 Å². The Hall–Kier alpha value is -2.24. The first-order chi connectivity index (χ1) is 8.86. The average Bonchev–Trinajstić information content (AvgIpc) is 2.36. The summed E-state index contributed by atoms with van der Waals surface area (Å²) in [6.07, 6.45) is 0. The van der Waals surface area contributed by atoms with Crippen LogP contribution in [0.5, 0.6) is 5.75 Å². The first-order valence-electron chi connectivity index (χ1n) is 5.82. The summed E-state index contributed by atoms with van der Waals surface area (Å²) in [5, 5.41) is 2.60. The zero-order valence-electron chi connectivity index (χ0n) is 11.6. The minimum absolute atomic E-state index is 0.180. The molecule has 0 heterocycles. The van der Waals surface area contributed by atoms with Crippen LogP contribution >= 0.6 is 0 Å². The second-order valence-electron chi connectivity index (χ2n) is 4.38. The number of rotatable bonds is 4. The van der Waals surface area contributed by atoms with E-state index in [0.717, 1.165) is 0 Å². The number of carbonyl (C=O) groups is 2. The fourth-order valence-electron chi connectivity index (χ4n) is 1.60. The number of nitrogens with zero attached hydrogens (tertiary/aromatic N) is 1. The van der Waals surface area contributed by atoms with Crippen LogP contribution in [0.3, 0.4) is 0 Å². The van der Waals surface area contributed by atoms with Crippen LogP contribution in [-0.4, -0.2) is 44.0 Å². The van der Waals surface area contributed by atoms with E-state index >= 15 is 0 Å². The summed E-state index contributed by atoms with van der Waals surface area (Å²) in [5.74, 6) is 0.00903. The van der Waals surface area contributed by atoms with Gasteiger partial charge in [0.2, 0.25) is 5.91 Å². The molecule has 0 fully saturated rings. The number of likely N-dealkylation sites (N-methyl/N-ethyl adjacent to an activating group) is 1. The van der Waals surface area contributed by atoms with Crippen molar-refractivity contribution in [2.75, 3.05) is 26.9 Å². The molecule has 1 aromatic rings. The number of nitrogens with one attached hydrogen (secondary N) is 1. The lowest BCUT2D eigenvalue weighted by molar-refractivity contribution is -0.130. The minimum atomic E-state index is -0.607. The SMILES string of the molecule is COc1ccc(C(=O)NC(C)C(=O)N(C)C)c(N)c1. The third-order valence-electron chi connectivity index (χ3n) is 2.66. The van der Waals surface area contributed by atoms with Gasteiger partial charge in [-0.05, 0) is 19.1 Å². The number of nitrogen functional groups attached to an aromatic ring is 1. The lowest BCUT2D eigenvalue weighted by Crippen LogP contribution is -2.44. The van der Waals surface area contributed by atoms with E-state index in [9.17, 15) is 9.59 Å². The first-order valence-corrected chi connectivity index (χ1v) is 5.82. The Bertz CT molecular complexity index is 486. The summed E-state index contributed by atoms with van der Waals surface area (Å²) in [6, 6.07) is 4.16. The fraction of sp³-hybridized carbons (Fsp3) is 0.385. The molecule has 3 N–H and O–H groups in total. The molecule has 6 nitrogen and oxygen atoms in total. The van der Waals surface area contributed by atoms with Gasteiger partial charge in [-0.3, -0.25) is 9.59 Å². The number of anilines is 1. The number of amides is 2. The Balaban J connectivity index is 2.81. The van der Waals surface area contributed by atoms with Gasteiger partial charge in [0.25, 0.3) is 5.91 Å². The lowest BCUT2D eigenvalue weighted by atomic mass is 10.1. The Morgan fingerprint density at radius 3 is 2.47 bits per heavy atom. The lowest BCUT2D eigenvalue weighted by Gasteiger charge is -2.18. The number of hydrogen-bond acceptors (Lipinski definition) is 4. The molecule has 0 aliphatic carbocycles. The van der Waals surface area contributed by atoms with Crippen molar-refractivity contribution < 1.29 is 14.3 Å². The van der Waals surface area contributed by atoms with Gasteiger partial charge in [0, 0.05) is 25.8 Å². The molecule has 1 aromatic carbocycles. The van der Waals surface area contributed by atoms with Crippen LogP contribution in [0.1, 0.15) is 17.3 Å². The Morgan fingerprint density at radius 2 is 2.00 bits per heavy atom. The van der Waals surface area contributed by atoms with Gasteiger partial charge < -0.3 is 20.7 Å². The summed E-state index contributed by atoms with van der Waals surface area (Å²) < 4.78 is 5.01. The molecule has 104 valence electrons. The van der Waals surface area contributed by atoms with E-state index in [0.29, 0.717) is 17.0 Å². The van der Waals surface area contributed by atoms with E-state index in [-0.39, 0.29) is 11.8 Å². The van der Waals surface area contributed by atoms with Crippen molar-refractivity contribution in [1.82, 2.24) is 10.2 Å². The summed E-state index contributed by atoms with van der Waals surface area (Å²) >= 11 is 0. The van der Waals surface area contributed by atoms with Crippen molar-refractivity contribution in [3.05, 3.63) is 23.8 Å². The maximum absolute atomic E-state index is 12.0. The van der Waals surface area contributed by atoms with Crippen LogP contribution < -0.4 is 15.8 Å². The van der Waals surface area contributed by atoms with Crippen molar-refractivity contribution in [2.45, 2.75) is 13.0 Å². The highest BCUT2D eigenvalue weighted by Crippen LogP contribution is 2.19. The molecule has 0 spiro atoms. The van der Waals surface area contributed by atoms with Crippen molar-refractivity contribution in [1.29, 1.82) is 0 Å². The third kappa shape index (κ3) is 3.61. The molecule has 0 aliphatic rings. The smallest absolute Gasteiger partial charge is 0.254 e. The average molecular weight is 265 g/mol. The van der Waals surface area contributed by atoms with Crippen molar-refractivity contribution >= 4 is 17.5 Å². The highest BCUT2D eigenvalue weighted by atomic mass is 16.5. The molecule has 0 bridgehead atoms. The zero-order chi connectivity index (χ0) is 14.6. The Morgan fingerprint density at radius 1 is 1.37 bits per heavy atom. The maximum Gasteiger partial charge on any atom is 0.254 e. The molecule has 1 atom stereocenters. The highest BCUT2D eigenvalue weighted by molar-refractivity contribution is 6.01. The molecule has 0 aliphatic heterocycles. The molecule has 19 heavy (non-hydrogen) atoms. The topological polar surface area (TPSA) is 84.7 Å². The Kier molecular flexibility index (Phi) is 4.74. The van der Waals surface area contributed by atoms with Crippen molar-refractivity contribution in [3.63, 3.8) is 0 Å². The molecule has 0 saturated carbocycles. The van der Waals surface area contributed by atoms with Crippen LogP contribution in [0, 0.1) is 0 Å². The molecule has 0 radical (unpaired) electrons. The van der Waals surface area contributed by atoms with Gasteiger partial charge in [-0.2, -0.15) is 0 Å². The summed E-state index contributed by atoms with van der Waals surface area (Å²) in [6.45, 7) is 1.62. The number of ether oxygens (including phenoxy) is 1. The number of hydrogen-bond donors (Lipinski definition) is 2. The van der Waals surface area contributed by atoms with Gasteiger partial charge in [0.1, 0.15) is 11.8 Å². The van der Waals surface area contributed by atoms with Gasteiger partial charge >= 0.3 is 0 Å². The molecule has 0 aromatic heterocycles. The van der Waals surface area contributed by atoms with Crippen LogP contribution in [0.25, 0.3) is 0 Å². The quantitative estimate of drug-likeness (QED) is 0.776. The van der Waals surface area contributed by atoms with Crippen LogP contribution in [0.2, 0.25) is 0 Å². The monoisotopic (exact) mass is 265 g/mol. The minimum Gasteiger partial charge on any atom is -0.497 e. The van der Waals surface area contributed by atoms with Crippen molar-refractivity contribution in [3.8, 4) is 5.75 Å². The number of carbonyl (C=O) groups excluding carboxylic acids is 2. The van der Waals surface area contributed by atoms with E-state index < -0.39 is 6.04 Å². The predicted molar refractivity (Wildman–Crippen MR) is 73.0 cm³/mol. The summed E-state index contributed by atoms with van der Waals surface area (Å²) in [7, 11) is 4.78. The third-order valence-corrected chi connectivity index (χ3v) is 2.66. The van der Waals surface area contributed by atoms with Crippen molar-refractivity contribution in [2.24, 2.45) is 0 Å². The number of benzene rings is 1. The second-order valence-corrected chi connectivity index (χ2v) is 4.38.